The van der Waals surface area contributed by atoms with Crippen LogP contribution in [0.5, 0.6) is 0 Å². The van der Waals surface area contributed by atoms with E-state index in [9.17, 15) is 9.59 Å². The van der Waals surface area contributed by atoms with Crippen molar-refractivity contribution in [3.63, 3.8) is 0 Å². The van der Waals surface area contributed by atoms with Crippen molar-refractivity contribution >= 4 is 17.0 Å². The summed E-state index contributed by atoms with van der Waals surface area (Å²) in [5.41, 5.74) is -0.174. The molecule has 2 heterocycles. The Morgan fingerprint density at radius 2 is 2.25 bits per heavy atom. The maximum Gasteiger partial charge on any atom is 0.328 e. The average molecular weight is 223 g/mol. The summed E-state index contributed by atoms with van der Waals surface area (Å²) in [6.07, 6.45) is 1.34. The van der Waals surface area contributed by atoms with Crippen molar-refractivity contribution < 1.29 is 9.90 Å². The lowest BCUT2D eigenvalue weighted by molar-refractivity contribution is -0.140. The van der Waals surface area contributed by atoms with E-state index in [0.717, 1.165) is 4.68 Å². The molecule has 0 amide bonds. The Hall–Kier alpha value is -2.25. The topological polar surface area (TPSA) is 103 Å². The maximum absolute atomic E-state index is 11.8. The van der Waals surface area contributed by atoms with Crippen LogP contribution in [0, 0.1) is 0 Å². The van der Waals surface area contributed by atoms with Crippen molar-refractivity contribution in [1.82, 2.24) is 24.8 Å². The van der Waals surface area contributed by atoms with E-state index in [2.05, 4.69) is 15.4 Å². The Morgan fingerprint density at radius 1 is 1.56 bits per heavy atom. The Kier molecular flexibility index (Phi) is 2.18. The van der Waals surface area contributed by atoms with E-state index < -0.39 is 17.6 Å². The minimum Gasteiger partial charge on any atom is -0.480 e. The van der Waals surface area contributed by atoms with Gasteiger partial charge in [0.2, 0.25) is 0 Å². The first-order valence-electron chi connectivity index (χ1n) is 4.52. The number of hydrogen-bond acceptors (Lipinski definition) is 5. The minimum atomic E-state index is -1.14. The molecule has 2 aromatic heterocycles. The van der Waals surface area contributed by atoms with Crippen LogP contribution in [0.3, 0.4) is 0 Å². The third-order valence-corrected chi connectivity index (χ3v) is 2.31. The molecule has 2 rings (SSSR count). The summed E-state index contributed by atoms with van der Waals surface area (Å²) < 4.78 is 2.23. The number of carbonyl (C=O) groups is 1. The van der Waals surface area contributed by atoms with Gasteiger partial charge in [-0.1, -0.05) is 5.21 Å². The largest absolute Gasteiger partial charge is 0.480 e. The Labute approximate surface area is 89.1 Å². The van der Waals surface area contributed by atoms with Gasteiger partial charge >= 0.3 is 5.97 Å². The van der Waals surface area contributed by atoms with Gasteiger partial charge in [-0.05, 0) is 6.92 Å². The number of nitrogens with zero attached hydrogens (tertiary/aromatic N) is 5. The van der Waals surface area contributed by atoms with Crippen molar-refractivity contribution in [2.45, 2.75) is 13.0 Å². The molecule has 0 spiro atoms. The summed E-state index contributed by atoms with van der Waals surface area (Å²) in [6.45, 7) is 1.36. The fourth-order valence-corrected chi connectivity index (χ4v) is 1.31. The molecule has 0 bridgehead atoms. The molecule has 8 nitrogen and oxygen atoms in total. The van der Waals surface area contributed by atoms with Crippen molar-refractivity contribution in [1.29, 1.82) is 0 Å². The Bertz CT molecular complexity index is 614. The first-order valence-corrected chi connectivity index (χ1v) is 4.52. The SMILES string of the molecule is CC(C(=O)O)n1nnc2c(cnn2C)c1=O. The summed E-state index contributed by atoms with van der Waals surface area (Å²) in [7, 11) is 1.63. The lowest BCUT2D eigenvalue weighted by Gasteiger charge is -2.06. The molecule has 0 fully saturated rings. The van der Waals surface area contributed by atoms with E-state index in [1.54, 1.807) is 7.05 Å². The molecule has 8 heteroatoms. The molecule has 16 heavy (non-hydrogen) atoms. The van der Waals surface area contributed by atoms with Crippen LogP contribution in [0.2, 0.25) is 0 Å². The maximum atomic E-state index is 11.8. The molecule has 0 radical (unpaired) electrons. The normalized spacial score (nSPS) is 12.9. The number of carboxylic acids is 1. The number of aliphatic carboxylic acids is 1. The summed E-state index contributed by atoms with van der Waals surface area (Å²) in [4.78, 5) is 22.6. The van der Waals surface area contributed by atoms with Gasteiger partial charge < -0.3 is 5.11 Å². The predicted octanol–water partition coefficient (Wildman–Crippen LogP) is -0.829. The highest BCUT2D eigenvalue weighted by atomic mass is 16.4. The van der Waals surface area contributed by atoms with E-state index in [4.69, 9.17) is 5.11 Å². The van der Waals surface area contributed by atoms with Gasteiger partial charge in [0, 0.05) is 7.05 Å². The lowest BCUT2D eigenvalue weighted by atomic mass is 10.3. The molecule has 0 saturated carbocycles. The fourth-order valence-electron chi connectivity index (χ4n) is 1.31. The van der Waals surface area contributed by atoms with Gasteiger partial charge in [0.1, 0.15) is 5.39 Å². The summed E-state index contributed by atoms with van der Waals surface area (Å²) >= 11 is 0. The number of fused-ring (bicyclic) bond motifs is 1. The highest BCUT2D eigenvalue weighted by Crippen LogP contribution is 2.05. The Balaban J connectivity index is 2.71. The smallest absolute Gasteiger partial charge is 0.328 e. The molecule has 1 N–H and O–H groups in total. The molecule has 0 aromatic carbocycles. The predicted molar refractivity (Wildman–Crippen MR) is 52.9 cm³/mol. The van der Waals surface area contributed by atoms with Crippen LogP contribution >= 0.6 is 0 Å². The second kappa shape index (κ2) is 3.40. The second-order valence-electron chi connectivity index (χ2n) is 3.36. The highest BCUT2D eigenvalue weighted by Gasteiger charge is 2.18. The van der Waals surface area contributed by atoms with Crippen molar-refractivity contribution in [2.24, 2.45) is 7.05 Å². The fraction of sp³-hybridized carbons (Fsp3) is 0.375. The first kappa shape index (κ1) is 10.3. The number of hydrogen-bond donors (Lipinski definition) is 1. The first-order chi connectivity index (χ1) is 7.52. The molecular formula is C8H9N5O3. The third-order valence-electron chi connectivity index (χ3n) is 2.31. The van der Waals surface area contributed by atoms with Gasteiger partial charge in [-0.25, -0.2) is 9.48 Å². The van der Waals surface area contributed by atoms with E-state index >= 15 is 0 Å². The van der Waals surface area contributed by atoms with E-state index in [1.165, 1.54) is 17.8 Å². The monoisotopic (exact) mass is 223 g/mol. The molecular weight excluding hydrogens is 214 g/mol. The molecule has 84 valence electrons. The van der Waals surface area contributed by atoms with Crippen LogP contribution in [-0.4, -0.2) is 35.9 Å². The number of carboxylic acid groups (broad SMARTS) is 1. The third kappa shape index (κ3) is 1.35. The van der Waals surface area contributed by atoms with Gasteiger partial charge in [0.05, 0.1) is 6.20 Å². The van der Waals surface area contributed by atoms with Gasteiger partial charge in [-0.3, -0.25) is 4.79 Å². The van der Waals surface area contributed by atoms with E-state index in [0.29, 0.717) is 5.65 Å². The van der Waals surface area contributed by atoms with Crippen molar-refractivity contribution in [3.05, 3.63) is 16.6 Å². The summed E-state index contributed by atoms with van der Waals surface area (Å²) in [6, 6.07) is -1.05. The standard InChI is InChI=1S/C8H9N5O3/c1-4(8(15)16)13-7(14)5-3-9-12(2)6(5)10-11-13/h3-4H,1-2H3,(H,15,16). The summed E-state index contributed by atoms with van der Waals surface area (Å²) in [5, 5.41) is 20.2. The zero-order valence-electron chi connectivity index (χ0n) is 8.65. The zero-order chi connectivity index (χ0) is 11.9. The van der Waals surface area contributed by atoms with Crippen LogP contribution in [0.4, 0.5) is 0 Å². The quantitative estimate of drug-likeness (QED) is 0.712. The number of aromatic nitrogens is 5. The molecule has 0 saturated heterocycles. The van der Waals surface area contributed by atoms with Crippen LogP contribution in [0.15, 0.2) is 11.0 Å². The van der Waals surface area contributed by atoms with Gasteiger partial charge in [-0.2, -0.15) is 9.78 Å². The van der Waals surface area contributed by atoms with Gasteiger partial charge in [0.15, 0.2) is 11.7 Å². The summed E-state index contributed by atoms with van der Waals surface area (Å²) in [5.74, 6) is -1.14. The van der Waals surface area contributed by atoms with Crippen LogP contribution in [-0.2, 0) is 11.8 Å². The van der Waals surface area contributed by atoms with Crippen LogP contribution in [0.1, 0.15) is 13.0 Å². The van der Waals surface area contributed by atoms with Crippen molar-refractivity contribution in [2.75, 3.05) is 0 Å². The number of rotatable bonds is 2. The van der Waals surface area contributed by atoms with Gasteiger partial charge in [-0.15, -0.1) is 5.10 Å². The lowest BCUT2D eigenvalue weighted by Crippen LogP contribution is -2.31. The number of aryl methyl sites for hydroxylation is 1. The Morgan fingerprint density at radius 3 is 2.88 bits per heavy atom. The van der Waals surface area contributed by atoms with E-state index in [-0.39, 0.29) is 5.39 Å². The van der Waals surface area contributed by atoms with Crippen LogP contribution < -0.4 is 5.56 Å². The zero-order valence-corrected chi connectivity index (χ0v) is 8.65. The highest BCUT2D eigenvalue weighted by molar-refractivity contribution is 5.74. The molecule has 1 unspecified atom stereocenters. The van der Waals surface area contributed by atoms with Gasteiger partial charge in [0.25, 0.3) is 5.56 Å². The molecule has 0 aliphatic heterocycles. The van der Waals surface area contributed by atoms with Crippen molar-refractivity contribution in [3.8, 4) is 0 Å². The van der Waals surface area contributed by atoms with E-state index in [1.807, 2.05) is 0 Å². The molecule has 2 aromatic rings. The average Bonchev–Trinajstić information content (AvgIpc) is 2.61. The second-order valence-corrected chi connectivity index (χ2v) is 3.36. The molecule has 1 atom stereocenters. The molecule has 0 aliphatic carbocycles. The minimum absolute atomic E-state index is 0.255. The molecule has 0 aliphatic rings. The van der Waals surface area contributed by atoms with Crippen LogP contribution in [0.25, 0.3) is 11.0 Å².